The van der Waals surface area contributed by atoms with Gasteiger partial charge in [0.1, 0.15) is 0 Å². The molecule has 2 nitrogen and oxygen atoms in total. The maximum Gasteiger partial charge on any atom is 0.0285 e. The smallest absolute Gasteiger partial charge is 0.0285 e. The Bertz CT molecular complexity index is 144. The molecule has 0 amide bonds. The summed E-state index contributed by atoms with van der Waals surface area (Å²) >= 11 is 2.09. The van der Waals surface area contributed by atoms with Crippen LogP contribution in [0.15, 0.2) is 0 Å². The van der Waals surface area contributed by atoms with Crippen LogP contribution in [0.5, 0.6) is 0 Å². The van der Waals surface area contributed by atoms with Crippen LogP contribution in [0, 0.1) is 5.92 Å². The van der Waals surface area contributed by atoms with Crippen LogP contribution in [0.4, 0.5) is 0 Å². The molecular formula is C11H24N2S. The third kappa shape index (κ3) is 4.67. The van der Waals surface area contributed by atoms with Crippen molar-refractivity contribution in [1.29, 1.82) is 0 Å². The van der Waals surface area contributed by atoms with E-state index in [1.807, 2.05) is 0 Å². The van der Waals surface area contributed by atoms with Crippen molar-refractivity contribution in [2.45, 2.75) is 26.8 Å². The first-order valence-corrected chi connectivity index (χ1v) is 6.91. The molecule has 1 atom stereocenters. The lowest BCUT2D eigenvalue weighted by atomic mass is 10.2. The molecule has 0 aromatic rings. The molecule has 1 heterocycles. The number of hydrogen-bond donors (Lipinski definition) is 1. The molecule has 0 aliphatic carbocycles. The lowest BCUT2D eigenvalue weighted by molar-refractivity contribution is 0.234. The van der Waals surface area contributed by atoms with E-state index in [0.29, 0.717) is 6.04 Å². The Morgan fingerprint density at radius 2 is 2.29 bits per heavy atom. The molecule has 1 saturated heterocycles. The SMILES string of the molecule is CCN(CC(C)C)CC1CSCCN1. The molecular weight excluding hydrogens is 192 g/mol. The predicted molar refractivity (Wildman–Crippen MR) is 66.1 cm³/mol. The average Bonchev–Trinajstić information content (AvgIpc) is 2.17. The first-order chi connectivity index (χ1) is 6.72. The molecule has 1 fully saturated rings. The van der Waals surface area contributed by atoms with Gasteiger partial charge in [0.2, 0.25) is 0 Å². The second kappa shape index (κ2) is 6.70. The molecule has 0 spiro atoms. The molecule has 0 bridgehead atoms. The fourth-order valence-corrected chi connectivity index (χ4v) is 2.83. The van der Waals surface area contributed by atoms with E-state index in [9.17, 15) is 0 Å². The van der Waals surface area contributed by atoms with Gasteiger partial charge >= 0.3 is 0 Å². The Hall–Kier alpha value is 0.270. The maximum absolute atomic E-state index is 3.59. The molecule has 0 radical (unpaired) electrons. The highest BCUT2D eigenvalue weighted by molar-refractivity contribution is 7.99. The Kier molecular flexibility index (Phi) is 5.90. The number of nitrogens with zero attached hydrogens (tertiary/aromatic N) is 1. The molecule has 0 aromatic carbocycles. The zero-order valence-electron chi connectivity index (χ0n) is 9.75. The molecule has 14 heavy (non-hydrogen) atoms. The van der Waals surface area contributed by atoms with Crippen LogP contribution in [0.3, 0.4) is 0 Å². The second-order valence-corrected chi connectivity index (χ2v) is 5.62. The van der Waals surface area contributed by atoms with Crippen molar-refractivity contribution in [1.82, 2.24) is 10.2 Å². The largest absolute Gasteiger partial charge is 0.311 e. The number of likely N-dealkylation sites (N-methyl/N-ethyl adjacent to an activating group) is 1. The van der Waals surface area contributed by atoms with E-state index < -0.39 is 0 Å². The van der Waals surface area contributed by atoms with E-state index >= 15 is 0 Å². The van der Waals surface area contributed by atoms with Gasteiger partial charge in [-0.15, -0.1) is 0 Å². The zero-order chi connectivity index (χ0) is 10.4. The Balaban J connectivity index is 2.23. The van der Waals surface area contributed by atoms with Gasteiger partial charge in [-0.05, 0) is 12.5 Å². The van der Waals surface area contributed by atoms with Crippen molar-refractivity contribution in [2.75, 3.05) is 37.7 Å². The van der Waals surface area contributed by atoms with Gasteiger partial charge in [-0.1, -0.05) is 20.8 Å². The van der Waals surface area contributed by atoms with Crippen molar-refractivity contribution >= 4 is 11.8 Å². The maximum atomic E-state index is 3.59. The van der Waals surface area contributed by atoms with Gasteiger partial charge in [0.25, 0.3) is 0 Å². The highest BCUT2D eigenvalue weighted by Crippen LogP contribution is 2.09. The summed E-state index contributed by atoms with van der Waals surface area (Å²) in [5.41, 5.74) is 0. The Morgan fingerprint density at radius 1 is 1.50 bits per heavy atom. The Morgan fingerprint density at radius 3 is 2.79 bits per heavy atom. The van der Waals surface area contributed by atoms with Gasteiger partial charge in [0.15, 0.2) is 0 Å². The summed E-state index contributed by atoms with van der Waals surface area (Å²) in [7, 11) is 0. The van der Waals surface area contributed by atoms with Crippen molar-refractivity contribution < 1.29 is 0 Å². The summed E-state index contributed by atoms with van der Waals surface area (Å²) in [6, 6.07) is 0.715. The zero-order valence-corrected chi connectivity index (χ0v) is 10.6. The van der Waals surface area contributed by atoms with Crippen LogP contribution < -0.4 is 5.32 Å². The highest BCUT2D eigenvalue weighted by Gasteiger charge is 2.16. The molecule has 84 valence electrons. The van der Waals surface area contributed by atoms with Crippen molar-refractivity contribution in [2.24, 2.45) is 5.92 Å². The molecule has 3 heteroatoms. The topological polar surface area (TPSA) is 15.3 Å². The van der Waals surface area contributed by atoms with E-state index in [2.05, 4.69) is 42.7 Å². The van der Waals surface area contributed by atoms with Crippen molar-refractivity contribution in [3.63, 3.8) is 0 Å². The molecule has 1 aliphatic heterocycles. The van der Waals surface area contributed by atoms with E-state index in [1.54, 1.807) is 0 Å². The van der Waals surface area contributed by atoms with Crippen LogP contribution in [0.2, 0.25) is 0 Å². The van der Waals surface area contributed by atoms with Crippen LogP contribution >= 0.6 is 11.8 Å². The van der Waals surface area contributed by atoms with E-state index in [-0.39, 0.29) is 0 Å². The highest BCUT2D eigenvalue weighted by atomic mass is 32.2. The minimum atomic E-state index is 0.715. The van der Waals surface area contributed by atoms with Gasteiger partial charge in [0.05, 0.1) is 0 Å². The monoisotopic (exact) mass is 216 g/mol. The van der Waals surface area contributed by atoms with E-state index in [1.165, 1.54) is 37.7 Å². The number of rotatable bonds is 5. The lowest BCUT2D eigenvalue weighted by Crippen LogP contribution is -2.46. The summed E-state index contributed by atoms with van der Waals surface area (Å²) in [6.45, 7) is 11.7. The van der Waals surface area contributed by atoms with Crippen LogP contribution in [-0.4, -0.2) is 48.6 Å². The molecule has 1 rings (SSSR count). The summed E-state index contributed by atoms with van der Waals surface area (Å²) in [6.07, 6.45) is 0. The quantitative estimate of drug-likeness (QED) is 0.752. The minimum Gasteiger partial charge on any atom is -0.311 e. The summed E-state index contributed by atoms with van der Waals surface area (Å²) in [5, 5.41) is 3.59. The summed E-state index contributed by atoms with van der Waals surface area (Å²) < 4.78 is 0. The summed E-state index contributed by atoms with van der Waals surface area (Å²) in [5.74, 6) is 3.35. The van der Waals surface area contributed by atoms with Crippen molar-refractivity contribution in [3.05, 3.63) is 0 Å². The van der Waals surface area contributed by atoms with Crippen LogP contribution in [0.25, 0.3) is 0 Å². The minimum absolute atomic E-state index is 0.715. The standard InChI is InChI=1S/C11H24N2S/c1-4-13(7-10(2)3)8-11-9-14-6-5-12-11/h10-12H,4-9H2,1-3H3. The second-order valence-electron chi connectivity index (χ2n) is 4.47. The number of thioether (sulfide) groups is 1. The Labute approximate surface area is 92.8 Å². The van der Waals surface area contributed by atoms with Crippen LogP contribution in [0.1, 0.15) is 20.8 Å². The fourth-order valence-electron chi connectivity index (χ4n) is 1.90. The number of hydrogen-bond acceptors (Lipinski definition) is 3. The van der Waals surface area contributed by atoms with Gasteiger partial charge in [-0.3, -0.25) is 0 Å². The van der Waals surface area contributed by atoms with Gasteiger partial charge < -0.3 is 10.2 Å². The van der Waals surface area contributed by atoms with Gasteiger partial charge in [-0.2, -0.15) is 11.8 Å². The van der Waals surface area contributed by atoms with Gasteiger partial charge in [0, 0.05) is 37.2 Å². The van der Waals surface area contributed by atoms with Crippen molar-refractivity contribution in [3.8, 4) is 0 Å². The third-order valence-corrected chi connectivity index (χ3v) is 3.68. The molecule has 1 N–H and O–H groups in total. The normalized spacial score (nSPS) is 23.4. The fraction of sp³-hybridized carbons (Fsp3) is 1.00. The van der Waals surface area contributed by atoms with Gasteiger partial charge in [-0.25, -0.2) is 0 Å². The first kappa shape index (κ1) is 12.3. The lowest BCUT2D eigenvalue weighted by Gasteiger charge is -2.30. The molecule has 1 aliphatic rings. The summed E-state index contributed by atoms with van der Waals surface area (Å²) in [4.78, 5) is 2.56. The molecule has 0 aromatic heterocycles. The van der Waals surface area contributed by atoms with E-state index in [0.717, 1.165) is 5.92 Å². The first-order valence-electron chi connectivity index (χ1n) is 5.75. The molecule has 0 saturated carbocycles. The van der Waals surface area contributed by atoms with E-state index in [4.69, 9.17) is 0 Å². The number of nitrogens with one attached hydrogen (secondary N) is 1. The average molecular weight is 216 g/mol. The van der Waals surface area contributed by atoms with Crippen LogP contribution in [-0.2, 0) is 0 Å². The third-order valence-electron chi connectivity index (χ3n) is 2.55. The molecule has 1 unspecified atom stereocenters. The predicted octanol–water partition coefficient (Wildman–Crippen LogP) is 1.67.